The van der Waals surface area contributed by atoms with E-state index in [1.807, 2.05) is 0 Å². The largest absolute Gasteiger partial charge is 0.398 e. The zero-order valence-corrected chi connectivity index (χ0v) is 11.8. The van der Waals surface area contributed by atoms with Crippen LogP contribution in [0.4, 0.5) is 11.5 Å². The number of hydrogen-bond acceptors (Lipinski definition) is 5. The van der Waals surface area contributed by atoms with Gasteiger partial charge in [0.05, 0.1) is 4.90 Å². The first-order chi connectivity index (χ1) is 8.79. The van der Waals surface area contributed by atoms with Crippen LogP contribution in [0, 0.1) is 13.8 Å². The highest BCUT2D eigenvalue weighted by Crippen LogP contribution is 2.27. The molecule has 0 aliphatic heterocycles. The smallest absolute Gasteiger partial charge is 0.263 e. The van der Waals surface area contributed by atoms with E-state index in [9.17, 15) is 8.42 Å². The molecule has 0 unspecified atom stereocenters. The molecule has 0 fully saturated rings. The van der Waals surface area contributed by atoms with Crippen LogP contribution >= 0.6 is 11.6 Å². The first kappa shape index (κ1) is 13.7. The minimum absolute atomic E-state index is 0.0266. The molecule has 0 aliphatic rings. The van der Waals surface area contributed by atoms with E-state index in [1.165, 1.54) is 18.2 Å². The number of nitrogens with one attached hydrogen (secondary N) is 1. The maximum atomic E-state index is 12.1. The normalized spacial score (nSPS) is 11.5. The van der Waals surface area contributed by atoms with Crippen molar-refractivity contribution in [3.8, 4) is 0 Å². The molecule has 0 spiro atoms. The zero-order valence-electron chi connectivity index (χ0n) is 10.3. The molecule has 1 aromatic carbocycles. The van der Waals surface area contributed by atoms with Gasteiger partial charge in [-0.3, -0.25) is 4.72 Å². The van der Waals surface area contributed by atoms with Gasteiger partial charge in [-0.2, -0.15) is 0 Å². The van der Waals surface area contributed by atoms with Crippen molar-refractivity contribution in [1.29, 1.82) is 0 Å². The van der Waals surface area contributed by atoms with Gasteiger partial charge in [-0.15, -0.1) is 0 Å². The van der Waals surface area contributed by atoms with E-state index in [2.05, 4.69) is 9.88 Å². The first-order valence-corrected chi connectivity index (χ1v) is 7.17. The van der Waals surface area contributed by atoms with Crippen LogP contribution in [0.15, 0.2) is 27.6 Å². The third kappa shape index (κ3) is 2.82. The fraction of sp³-hybridized carbons (Fsp3) is 0.182. The number of aryl methyl sites for hydroxylation is 1. The number of benzene rings is 1. The number of nitrogen functional groups attached to an aromatic ring is 1. The summed E-state index contributed by atoms with van der Waals surface area (Å²) in [5.74, 6) is 0.604. The van der Waals surface area contributed by atoms with Crippen LogP contribution in [-0.2, 0) is 10.0 Å². The summed E-state index contributed by atoms with van der Waals surface area (Å²) in [4.78, 5) is -0.0266. The summed E-state index contributed by atoms with van der Waals surface area (Å²) in [6.07, 6.45) is 0. The summed E-state index contributed by atoms with van der Waals surface area (Å²) >= 11 is 5.93. The molecule has 0 atom stereocenters. The lowest BCUT2D eigenvalue weighted by molar-refractivity contribution is 0.400. The van der Waals surface area contributed by atoms with E-state index in [0.717, 1.165) is 0 Å². The number of anilines is 2. The summed E-state index contributed by atoms with van der Waals surface area (Å²) in [5, 5.41) is 3.85. The topological polar surface area (TPSA) is 98.2 Å². The molecular weight excluding hydrogens is 290 g/mol. The van der Waals surface area contributed by atoms with Gasteiger partial charge in [0.25, 0.3) is 10.0 Å². The fourth-order valence-corrected chi connectivity index (χ4v) is 2.78. The summed E-state index contributed by atoms with van der Waals surface area (Å²) in [7, 11) is -3.80. The van der Waals surface area contributed by atoms with Gasteiger partial charge in [-0.25, -0.2) is 8.42 Å². The Morgan fingerprint density at radius 2 is 2.00 bits per heavy atom. The molecule has 0 saturated carbocycles. The van der Waals surface area contributed by atoms with Gasteiger partial charge in [0.1, 0.15) is 5.76 Å². The monoisotopic (exact) mass is 301 g/mol. The lowest BCUT2D eigenvalue weighted by Crippen LogP contribution is -2.13. The Balaban J connectivity index is 2.40. The lowest BCUT2D eigenvalue weighted by atomic mass is 10.2. The summed E-state index contributed by atoms with van der Waals surface area (Å²) < 4.78 is 31.3. The summed E-state index contributed by atoms with van der Waals surface area (Å²) in [5.41, 5.74) is 6.65. The molecule has 3 N–H and O–H groups in total. The van der Waals surface area contributed by atoms with Crippen molar-refractivity contribution >= 4 is 33.1 Å². The number of sulfonamides is 1. The van der Waals surface area contributed by atoms with Crippen LogP contribution in [-0.4, -0.2) is 13.6 Å². The third-order valence-corrected chi connectivity index (χ3v) is 4.26. The molecule has 0 bridgehead atoms. The van der Waals surface area contributed by atoms with Crippen molar-refractivity contribution in [3.63, 3.8) is 0 Å². The molecule has 102 valence electrons. The highest BCUT2D eigenvalue weighted by Gasteiger charge is 2.18. The third-order valence-electron chi connectivity index (χ3n) is 2.54. The molecule has 1 aromatic heterocycles. The Labute approximate surface area is 115 Å². The predicted octanol–water partition coefficient (Wildman–Crippen LogP) is 2.33. The Hall–Kier alpha value is -1.73. The van der Waals surface area contributed by atoms with Gasteiger partial charge in [0.2, 0.25) is 0 Å². The second kappa shape index (κ2) is 4.75. The minimum Gasteiger partial charge on any atom is -0.398 e. The second-order valence-electron chi connectivity index (χ2n) is 4.05. The van der Waals surface area contributed by atoms with Crippen molar-refractivity contribution in [1.82, 2.24) is 5.16 Å². The average molecular weight is 302 g/mol. The molecule has 0 amide bonds. The minimum atomic E-state index is -3.80. The highest BCUT2D eigenvalue weighted by atomic mass is 35.5. The molecule has 6 nitrogen and oxygen atoms in total. The highest BCUT2D eigenvalue weighted by molar-refractivity contribution is 7.92. The Kier molecular flexibility index (Phi) is 3.42. The van der Waals surface area contributed by atoms with Gasteiger partial charge >= 0.3 is 0 Å². The van der Waals surface area contributed by atoms with Crippen LogP contribution in [0.3, 0.4) is 0 Å². The van der Waals surface area contributed by atoms with Gasteiger partial charge < -0.3 is 10.3 Å². The number of nitrogens with zero attached hydrogens (tertiary/aromatic N) is 1. The molecule has 1 heterocycles. The van der Waals surface area contributed by atoms with E-state index >= 15 is 0 Å². The number of nitrogens with two attached hydrogens (primary N) is 1. The Morgan fingerprint density at radius 3 is 2.53 bits per heavy atom. The van der Waals surface area contributed by atoms with Crippen molar-refractivity contribution in [2.24, 2.45) is 0 Å². The molecule has 0 radical (unpaired) electrons. The number of rotatable bonds is 3. The van der Waals surface area contributed by atoms with Crippen LogP contribution in [0.2, 0.25) is 5.02 Å². The van der Waals surface area contributed by atoms with Crippen molar-refractivity contribution < 1.29 is 12.9 Å². The Morgan fingerprint density at radius 1 is 1.32 bits per heavy atom. The van der Waals surface area contributed by atoms with Crippen molar-refractivity contribution in [3.05, 3.63) is 34.5 Å². The maximum absolute atomic E-state index is 12.1. The van der Waals surface area contributed by atoms with Crippen LogP contribution in [0.5, 0.6) is 0 Å². The molecular formula is C11H12ClN3O3S. The number of aromatic nitrogens is 1. The fourth-order valence-electron chi connectivity index (χ4n) is 1.44. The molecule has 2 rings (SSSR count). The molecule has 0 aliphatic carbocycles. The van der Waals surface area contributed by atoms with E-state index in [0.29, 0.717) is 17.0 Å². The van der Waals surface area contributed by atoms with Gasteiger partial charge in [0, 0.05) is 16.8 Å². The predicted molar refractivity (Wildman–Crippen MR) is 72.6 cm³/mol. The van der Waals surface area contributed by atoms with E-state index in [1.54, 1.807) is 13.8 Å². The van der Waals surface area contributed by atoms with Gasteiger partial charge in [-0.05, 0) is 31.5 Å². The average Bonchev–Trinajstić information content (AvgIpc) is 2.70. The summed E-state index contributed by atoms with van der Waals surface area (Å²) in [6.45, 7) is 3.37. The molecule has 19 heavy (non-hydrogen) atoms. The van der Waals surface area contributed by atoms with E-state index < -0.39 is 10.0 Å². The van der Waals surface area contributed by atoms with Crippen molar-refractivity contribution in [2.75, 3.05) is 10.5 Å². The van der Waals surface area contributed by atoms with Gasteiger partial charge in [0.15, 0.2) is 5.82 Å². The second-order valence-corrected chi connectivity index (χ2v) is 6.14. The standard InChI is InChI=1S/C11H12ClN3O3S/c1-6-3-11(14-18-6)15-19(16,17)8-4-9(12)7(2)10(13)5-8/h3-5H,13H2,1-2H3,(H,14,15). The summed E-state index contributed by atoms with van der Waals surface area (Å²) in [6, 6.07) is 4.15. The molecule has 8 heteroatoms. The van der Waals surface area contributed by atoms with Gasteiger partial charge in [-0.1, -0.05) is 16.8 Å². The van der Waals surface area contributed by atoms with E-state index in [4.69, 9.17) is 21.9 Å². The lowest BCUT2D eigenvalue weighted by Gasteiger charge is -2.09. The van der Waals surface area contributed by atoms with Crippen LogP contribution in [0.1, 0.15) is 11.3 Å². The SMILES string of the molecule is Cc1cc(NS(=O)(=O)c2cc(N)c(C)c(Cl)c2)no1. The van der Waals surface area contributed by atoms with Crippen LogP contribution < -0.4 is 10.5 Å². The van der Waals surface area contributed by atoms with Crippen molar-refractivity contribution in [2.45, 2.75) is 18.7 Å². The number of halogens is 1. The maximum Gasteiger partial charge on any atom is 0.263 e. The molecule has 0 saturated heterocycles. The Bertz CT molecular complexity index is 702. The number of hydrogen-bond donors (Lipinski definition) is 2. The van der Waals surface area contributed by atoms with E-state index in [-0.39, 0.29) is 15.7 Å². The zero-order chi connectivity index (χ0) is 14.2. The quantitative estimate of drug-likeness (QED) is 0.848. The first-order valence-electron chi connectivity index (χ1n) is 5.31. The molecule has 2 aromatic rings. The van der Waals surface area contributed by atoms with Crippen LogP contribution in [0.25, 0.3) is 0 Å².